The molecule has 0 saturated heterocycles. The molecule has 0 aliphatic carbocycles. The monoisotopic (exact) mass is 330 g/mol. The van der Waals surface area contributed by atoms with Crippen LogP contribution in [0.4, 0.5) is 0 Å². The predicted molar refractivity (Wildman–Crippen MR) is 94.0 cm³/mol. The number of carbonyl (C=O) groups excluding carboxylic acids is 1. The van der Waals surface area contributed by atoms with Crippen molar-refractivity contribution >= 4 is 5.91 Å². The number of oxazole rings is 1. The van der Waals surface area contributed by atoms with Gasteiger partial charge in [0.15, 0.2) is 11.7 Å². The first-order chi connectivity index (χ1) is 11.7. The van der Waals surface area contributed by atoms with Gasteiger partial charge in [0.25, 0.3) is 0 Å². The number of aromatic nitrogens is 1. The van der Waals surface area contributed by atoms with E-state index in [1.165, 1.54) is 0 Å². The highest BCUT2D eigenvalue weighted by Crippen LogP contribution is 2.23. The van der Waals surface area contributed by atoms with Gasteiger partial charge in [0.2, 0.25) is 5.91 Å². The Kier molecular flexibility index (Phi) is 7.33. The van der Waals surface area contributed by atoms with Crippen molar-refractivity contribution < 1.29 is 13.9 Å². The van der Waals surface area contributed by atoms with Crippen molar-refractivity contribution in [3.05, 3.63) is 36.4 Å². The number of ether oxygens (including phenoxy) is 1. The Morgan fingerprint density at radius 3 is 2.71 bits per heavy atom. The molecular formula is C19H26N2O3. The van der Waals surface area contributed by atoms with E-state index in [2.05, 4.69) is 17.2 Å². The van der Waals surface area contributed by atoms with Gasteiger partial charge in [0.1, 0.15) is 5.75 Å². The Hall–Kier alpha value is -2.30. The molecular weight excluding hydrogens is 304 g/mol. The molecule has 130 valence electrons. The van der Waals surface area contributed by atoms with E-state index >= 15 is 0 Å². The number of nitrogens with zero attached hydrogens (tertiary/aromatic N) is 1. The Morgan fingerprint density at radius 2 is 2.00 bits per heavy atom. The summed E-state index contributed by atoms with van der Waals surface area (Å²) in [7, 11) is 0. The van der Waals surface area contributed by atoms with Gasteiger partial charge in [-0.05, 0) is 37.6 Å². The van der Waals surface area contributed by atoms with Crippen LogP contribution in [0.25, 0.3) is 11.3 Å². The molecule has 2 rings (SSSR count). The first-order valence-electron chi connectivity index (χ1n) is 8.67. The zero-order valence-electron chi connectivity index (χ0n) is 14.5. The minimum Gasteiger partial charge on any atom is -0.494 e. The van der Waals surface area contributed by atoms with E-state index < -0.39 is 0 Å². The van der Waals surface area contributed by atoms with Gasteiger partial charge in [0, 0.05) is 24.9 Å². The molecule has 5 heteroatoms. The second-order valence-electron chi connectivity index (χ2n) is 5.63. The van der Waals surface area contributed by atoms with Gasteiger partial charge in [-0.3, -0.25) is 4.79 Å². The molecule has 2 aromatic rings. The molecule has 0 atom stereocenters. The largest absolute Gasteiger partial charge is 0.494 e. The van der Waals surface area contributed by atoms with E-state index in [0.29, 0.717) is 31.1 Å². The number of unbranched alkanes of at least 4 members (excludes halogenated alkanes) is 2. The number of benzene rings is 1. The average molecular weight is 330 g/mol. The van der Waals surface area contributed by atoms with Crippen LogP contribution >= 0.6 is 0 Å². The van der Waals surface area contributed by atoms with Gasteiger partial charge in [-0.15, -0.1) is 0 Å². The SMILES string of the molecule is CCCCCNC(=O)CCc1ncc(-c2ccc(OCC)cc2)o1. The van der Waals surface area contributed by atoms with Crippen molar-refractivity contribution in [3.63, 3.8) is 0 Å². The summed E-state index contributed by atoms with van der Waals surface area (Å²) in [5.41, 5.74) is 0.946. The van der Waals surface area contributed by atoms with E-state index in [0.717, 1.165) is 37.1 Å². The van der Waals surface area contributed by atoms with Crippen LogP contribution in [0, 0.1) is 0 Å². The fraction of sp³-hybridized carbons (Fsp3) is 0.474. The molecule has 24 heavy (non-hydrogen) atoms. The molecule has 1 aromatic carbocycles. The lowest BCUT2D eigenvalue weighted by atomic mass is 10.2. The second kappa shape index (κ2) is 9.75. The molecule has 0 unspecified atom stereocenters. The summed E-state index contributed by atoms with van der Waals surface area (Å²) in [4.78, 5) is 16.0. The van der Waals surface area contributed by atoms with E-state index in [4.69, 9.17) is 9.15 Å². The molecule has 0 aliphatic rings. The summed E-state index contributed by atoms with van der Waals surface area (Å²) in [6.07, 6.45) is 5.94. The summed E-state index contributed by atoms with van der Waals surface area (Å²) >= 11 is 0. The summed E-state index contributed by atoms with van der Waals surface area (Å²) in [6.45, 7) is 5.49. The molecule has 1 amide bonds. The molecule has 1 aromatic heterocycles. The Bertz CT molecular complexity index is 620. The highest BCUT2D eigenvalue weighted by Gasteiger charge is 2.09. The Balaban J connectivity index is 1.81. The maximum atomic E-state index is 11.8. The average Bonchev–Trinajstić information content (AvgIpc) is 3.07. The number of hydrogen-bond donors (Lipinski definition) is 1. The van der Waals surface area contributed by atoms with E-state index in [9.17, 15) is 4.79 Å². The van der Waals surface area contributed by atoms with Crippen LogP contribution < -0.4 is 10.1 Å². The second-order valence-corrected chi connectivity index (χ2v) is 5.63. The van der Waals surface area contributed by atoms with Gasteiger partial charge in [-0.2, -0.15) is 0 Å². The van der Waals surface area contributed by atoms with Crippen LogP contribution in [0.15, 0.2) is 34.9 Å². The van der Waals surface area contributed by atoms with Crippen molar-refractivity contribution in [1.29, 1.82) is 0 Å². The zero-order valence-corrected chi connectivity index (χ0v) is 14.5. The van der Waals surface area contributed by atoms with Crippen molar-refractivity contribution in [1.82, 2.24) is 10.3 Å². The summed E-state index contributed by atoms with van der Waals surface area (Å²) in [5.74, 6) is 2.17. The van der Waals surface area contributed by atoms with Crippen molar-refractivity contribution in [3.8, 4) is 17.1 Å². The zero-order chi connectivity index (χ0) is 17.2. The van der Waals surface area contributed by atoms with Gasteiger partial charge in [0.05, 0.1) is 12.8 Å². The number of nitrogens with one attached hydrogen (secondary N) is 1. The number of amides is 1. The molecule has 0 fully saturated rings. The van der Waals surface area contributed by atoms with Crippen LogP contribution in [0.5, 0.6) is 5.75 Å². The smallest absolute Gasteiger partial charge is 0.220 e. The lowest BCUT2D eigenvalue weighted by molar-refractivity contribution is -0.121. The third-order valence-corrected chi connectivity index (χ3v) is 3.67. The van der Waals surface area contributed by atoms with Crippen molar-refractivity contribution in [2.45, 2.75) is 46.0 Å². The Labute approximate surface area is 143 Å². The van der Waals surface area contributed by atoms with E-state index in [-0.39, 0.29) is 5.91 Å². The molecule has 1 N–H and O–H groups in total. The van der Waals surface area contributed by atoms with Crippen LogP contribution in [0.2, 0.25) is 0 Å². The summed E-state index contributed by atoms with van der Waals surface area (Å²) < 4.78 is 11.2. The molecule has 1 heterocycles. The van der Waals surface area contributed by atoms with Gasteiger partial charge in [-0.25, -0.2) is 4.98 Å². The molecule has 0 aliphatic heterocycles. The number of hydrogen-bond acceptors (Lipinski definition) is 4. The van der Waals surface area contributed by atoms with Gasteiger partial charge in [-0.1, -0.05) is 19.8 Å². The molecule has 5 nitrogen and oxygen atoms in total. The molecule has 0 radical (unpaired) electrons. The van der Waals surface area contributed by atoms with Crippen LogP contribution in [0.3, 0.4) is 0 Å². The first-order valence-corrected chi connectivity index (χ1v) is 8.67. The topological polar surface area (TPSA) is 64.4 Å². The third-order valence-electron chi connectivity index (χ3n) is 3.67. The van der Waals surface area contributed by atoms with Crippen LogP contribution in [-0.2, 0) is 11.2 Å². The van der Waals surface area contributed by atoms with Crippen LogP contribution in [-0.4, -0.2) is 24.0 Å². The maximum Gasteiger partial charge on any atom is 0.220 e. The fourth-order valence-corrected chi connectivity index (χ4v) is 2.35. The Morgan fingerprint density at radius 1 is 1.21 bits per heavy atom. The number of rotatable bonds is 10. The van der Waals surface area contributed by atoms with E-state index in [1.807, 2.05) is 31.2 Å². The number of aryl methyl sites for hydroxylation is 1. The first kappa shape index (κ1) is 18.0. The van der Waals surface area contributed by atoms with Crippen molar-refractivity contribution in [2.24, 2.45) is 0 Å². The quantitative estimate of drug-likeness (QED) is 0.669. The molecule has 0 saturated carbocycles. The molecule has 0 spiro atoms. The van der Waals surface area contributed by atoms with E-state index in [1.54, 1.807) is 6.20 Å². The normalized spacial score (nSPS) is 10.6. The summed E-state index contributed by atoms with van der Waals surface area (Å²) in [6, 6.07) is 7.70. The van der Waals surface area contributed by atoms with Gasteiger partial charge < -0.3 is 14.5 Å². The number of carbonyl (C=O) groups is 1. The van der Waals surface area contributed by atoms with Crippen LogP contribution in [0.1, 0.15) is 45.4 Å². The minimum absolute atomic E-state index is 0.0481. The standard InChI is InChI=1S/C19H26N2O3/c1-3-5-6-13-20-18(22)11-12-19-21-14-17(24-19)15-7-9-16(10-8-15)23-4-2/h7-10,14H,3-6,11-13H2,1-2H3,(H,20,22). The summed E-state index contributed by atoms with van der Waals surface area (Å²) in [5, 5.41) is 2.92. The predicted octanol–water partition coefficient (Wildman–Crippen LogP) is 3.98. The maximum absolute atomic E-state index is 11.8. The highest BCUT2D eigenvalue weighted by atomic mass is 16.5. The lowest BCUT2D eigenvalue weighted by Gasteiger charge is -2.03. The van der Waals surface area contributed by atoms with Gasteiger partial charge >= 0.3 is 0 Å². The molecule has 0 bridgehead atoms. The third kappa shape index (κ3) is 5.72. The minimum atomic E-state index is 0.0481. The highest BCUT2D eigenvalue weighted by molar-refractivity contribution is 5.76. The lowest BCUT2D eigenvalue weighted by Crippen LogP contribution is -2.24. The fourth-order valence-electron chi connectivity index (χ4n) is 2.35. The van der Waals surface area contributed by atoms with Crippen molar-refractivity contribution in [2.75, 3.05) is 13.2 Å².